The van der Waals surface area contributed by atoms with Crippen molar-refractivity contribution >= 4 is 17.5 Å². The summed E-state index contributed by atoms with van der Waals surface area (Å²) in [7, 11) is 0. The molecule has 0 fully saturated rings. The van der Waals surface area contributed by atoms with Crippen LogP contribution in [-0.4, -0.2) is 30.1 Å². The van der Waals surface area contributed by atoms with Gasteiger partial charge in [-0.15, -0.1) is 6.58 Å². The molecule has 0 aliphatic carbocycles. The van der Waals surface area contributed by atoms with Crippen LogP contribution in [0.3, 0.4) is 0 Å². The number of carbonyl (C=O) groups is 1. The quantitative estimate of drug-likeness (QED) is 0.278. The molecule has 7 heteroatoms. The minimum atomic E-state index is -1.32. The molecule has 0 amide bonds. The number of aryl methyl sites for hydroxylation is 1. The molecule has 2 rings (SSSR count). The van der Waals surface area contributed by atoms with E-state index in [2.05, 4.69) is 11.9 Å². The molecule has 7 nitrogen and oxygen atoms in total. The van der Waals surface area contributed by atoms with Gasteiger partial charge in [0.2, 0.25) is 0 Å². The second-order valence-electron chi connectivity index (χ2n) is 6.29. The van der Waals surface area contributed by atoms with Gasteiger partial charge in [0.15, 0.2) is 0 Å². The first-order chi connectivity index (χ1) is 13.4. The van der Waals surface area contributed by atoms with Crippen LogP contribution in [0.1, 0.15) is 28.3 Å². The lowest BCUT2D eigenvalue weighted by molar-refractivity contribution is -0.307. The Morgan fingerprint density at radius 2 is 2.07 bits per heavy atom. The summed E-state index contributed by atoms with van der Waals surface area (Å²) in [6.45, 7) is 5.43. The van der Waals surface area contributed by atoms with Crippen molar-refractivity contribution in [3.8, 4) is 5.75 Å². The lowest BCUT2D eigenvalue weighted by Crippen LogP contribution is -2.34. The Morgan fingerprint density at radius 1 is 1.39 bits per heavy atom. The molecule has 2 aromatic carbocycles. The molecule has 2 aromatic rings. The standard InChI is InChI=1S/C21H25N3O4/c1-3-4-15-11-13(2)12-17(19(15)28-10-9-25)18(21(26)27)24-16-7-5-14(6-8-16)20(22)23/h3,5-8,11-12,18,24-25H,1,4,9-10H2,2H3,(H3,22,23)(H,26,27)/p-1. The number of hydrogen-bond acceptors (Lipinski definition) is 6. The Bertz CT molecular complexity index is 863. The number of nitrogens with two attached hydrogens (primary N) is 1. The van der Waals surface area contributed by atoms with Crippen molar-refractivity contribution in [2.24, 2.45) is 5.73 Å². The lowest BCUT2D eigenvalue weighted by atomic mass is 9.97. The maximum absolute atomic E-state index is 11.9. The van der Waals surface area contributed by atoms with Crippen molar-refractivity contribution in [1.29, 1.82) is 5.41 Å². The van der Waals surface area contributed by atoms with Gasteiger partial charge in [0.25, 0.3) is 0 Å². The Labute approximate surface area is 164 Å². The van der Waals surface area contributed by atoms with E-state index in [-0.39, 0.29) is 19.0 Å². The van der Waals surface area contributed by atoms with Crippen molar-refractivity contribution < 1.29 is 19.7 Å². The number of hydrogen-bond donors (Lipinski definition) is 4. The molecule has 0 saturated carbocycles. The van der Waals surface area contributed by atoms with Crippen LogP contribution in [0.15, 0.2) is 49.1 Å². The molecule has 0 aliphatic rings. The molecular formula is C21H24N3O4-. The molecule has 0 aliphatic heterocycles. The van der Waals surface area contributed by atoms with Crippen LogP contribution in [0.4, 0.5) is 5.69 Å². The Kier molecular flexibility index (Phi) is 7.17. The number of allylic oxidation sites excluding steroid dienone is 1. The van der Waals surface area contributed by atoms with Crippen molar-refractivity contribution in [1.82, 2.24) is 0 Å². The molecule has 28 heavy (non-hydrogen) atoms. The fraction of sp³-hybridized carbons (Fsp3) is 0.238. The van der Waals surface area contributed by atoms with E-state index in [1.807, 2.05) is 13.0 Å². The van der Waals surface area contributed by atoms with E-state index in [0.29, 0.717) is 29.0 Å². The monoisotopic (exact) mass is 382 g/mol. The number of aliphatic carboxylic acids is 1. The normalized spacial score (nSPS) is 11.5. The SMILES string of the molecule is C=CCc1cc(C)cc(C(Nc2ccc(C(=N)N)cc2)C(=O)[O-])c1OCCO. The molecule has 0 aromatic heterocycles. The fourth-order valence-corrected chi connectivity index (χ4v) is 2.90. The number of aliphatic hydroxyl groups excluding tert-OH is 1. The number of aliphatic hydroxyl groups is 1. The van der Waals surface area contributed by atoms with Crippen LogP contribution < -0.4 is 20.9 Å². The maximum atomic E-state index is 11.9. The van der Waals surface area contributed by atoms with Gasteiger partial charge in [-0.2, -0.15) is 0 Å². The summed E-state index contributed by atoms with van der Waals surface area (Å²) < 4.78 is 5.67. The third kappa shape index (κ3) is 5.11. The molecule has 0 radical (unpaired) electrons. The molecule has 1 unspecified atom stereocenters. The second kappa shape index (κ2) is 9.57. The van der Waals surface area contributed by atoms with Crippen molar-refractivity contribution in [2.45, 2.75) is 19.4 Å². The number of carboxylic acids is 1. The number of benzene rings is 2. The number of anilines is 1. The minimum Gasteiger partial charge on any atom is -0.548 e. The van der Waals surface area contributed by atoms with Crippen LogP contribution in [0.25, 0.3) is 0 Å². The van der Waals surface area contributed by atoms with Gasteiger partial charge in [-0.05, 0) is 49.2 Å². The molecular weight excluding hydrogens is 358 g/mol. The van der Waals surface area contributed by atoms with Gasteiger partial charge in [-0.1, -0.05) is 17.7 Å². The van der Waals surface area contributed by atoms with Gasteiger partial charge in [-0.3, -0.25) is 5.41 Å². The van der Waals surface area contributed by atoms with Crippen molar-refractivity contribution in [3.05, 3.63) is 71.3 Å². The Hall–Kier alpha value is -3.32. The summed E-state index contributed by atoms with van der Waals surface area (Å²) in [4.78, 5) is 11.9. The van der Waals surface area contributed by atoms with Gasteiger partial charge < -0.3 is 30.8 Å². The third-order valence-corrected chi connectivity index (χ3v) is 4.09. The first-order valence-electron chi connectivity index (χ1n) is 8.77. The Morgan fingerprint density at radius 3 is 2.61 bits per heavy atom. The minimum absolute atomic E-state index is 0.0350. The fourth-order valence-electron chi connectivity index (χ4n) is 2.90. The highest BCUT2D eigenvalue weighted by atomic mass is 16.5. The third-order valence-electron chi connectivity index (χ3n) is 4.09. The predicted octanol–water partition coefficient (Wildman–Crippen LogP) is 1.28. The number of ether oxygens (including phenoxy) is 1. The summed E-state index contributed by atoms with van der Waals surface area (Å²) in [5.74, 6) is -1.00. The van der Waals surface area contributed by atoms with Gasteiger partial charge in [0, 0.05) is 16.8 Å². The number of nitrogen functional groups attached to an aromatic ring is 1. The topological polar surface area (TPSA) is 131 Å². The molecule has 0 saturated heterocycles. The van der Waals surface area contributed by atoms with Gasteiger partial charge >= 0.3 is 0 Å². The first kappa shape index (κ1) is 21.0. The average molecular weight is 382 g/mol. The van der Waals surface area contributed by atoms with E-state index in [0.717, 1.165) is 11.1 Å². The van der Waals surface area contributed by atoms with Crippen LogP contribution in [0, 0.1) is 12.3 Å². The highest BCUT2D eigenvalue weighted by Gasteiger charge is 2.21. The van der Waals surface area contributed by atoms with Crippen LogP contribution in [0.2, 0.25) is 0 Å². The average Bonchev–Trinajstić information content (AvgIpc) is 2.65. The molecule has 0 heterocycles. The zero-order valence-corrected chi connectivity index (χ0v) is 15.7. The largest absolute Gasteiger partial charge is 0.548 e. The lowest BCUT2D eigenvalue weighted by Gasteiger charge is -2.26. The van der Waals surface area contributed by atoms with E-state index in [1.54, 1.807) is 36.4 Å². The highest BCUT2D eigenvalue weighted by molar-refractivity contribution is 5.95. The van der Waals surface area contributed by atoms with E-state index in [9.17, 15) is 9.90 Å². The summed E-state index contributed by atoms with van der Waals surface area (Å²) in [6.07, 6.45) is 2.19. The first-order valence-corrected chi connectivity index (χ1v) is 8.77. The summed E-state index contributed by atoms with van der Waals surface area (Å²) in [5, 5.41) is 31.4. The van der Waals surface area contributed by atoms with E-state index in [1.165, 1.54) is 0 Å². The smallest absolute Gasteiger partial charge is 0.128 e. The predicted molar refractivity (Wildman–Crippen MR) is 106 cm³/mol. The zero-order valence-electron chi connectivity index (χ0n) is 15.7. The van der Waals surface area contributed by atoms with Crippen LogP contribution in [-0.2, 0) is 11.2 Å². The van der Waals surface area contributed by atoms with Gasteiger partial charge in [0.05, 0.1) is 18.6 Å². The van der Waals surface area contributed by atoms with Crippen molar-refractivity contribution in [2.75, 3.05) is 18.5 Å². The zero-order chi connectivity index (χ0) is 20.7. The molecule has 0 spiro atoms. The van der Waals surface area contributed by atoms with Gasteiger partial charge in [-0.25, -0.2) is 0 Å². The number of carbonyl (C=O) groups excluding carboxylic acids is 1. The summed E-state index contributed by atoms with van der Waals surface area (Å²) >= 11 is 0. The van der Waals surface area contributed by atoms with Crippen molar-refractivity contribution in [3.63, 3.8) is 0 Å². The van der Waals surface area contributed by atoms with Crippen LogP contribution >= 0.6 is 0 Å². The molecule has 0 bridgehead atoms. The van der Waals surface area contributed by atoms with E-state index >= 15 is 0 Å². The van der Waals surface area contributed by atoms with Gasteiger partial charge in [0.1, 0.15) is 18.2 Å². The highest BCUT2D eigenvalue weighted by Crippen LogP contribution is 2.33. The molecule has 148 valence electrons. The number of nitrogens with one attached hydrogen (secondary N) is 2. The molecule has 1 atom stereocenters. The summed E-state index contributed by atoms with van der Waals surface area (Å²) in [6, 6.07) is 8.96. The Balaban J connectivity index is 2.47. The van der Waals surface area contributed by atoms with Crippen LogP contribution in [0.5, 0.6) is 5.75 Å². The second-order valence-corrected chi connectivity index (χ2v) is 6.29. The number of rotatable bonds is 10. The maximum Gasteiger partial charge on any atom is 0.128 e. The number of amidine groups is 1. The summed E-state index contributed by atoms with van der Waals surface area (Å²) in [5.41, 5.74) is 8.55. The molecule has 5 N–H and O–H groups in total. The van der Waals surface area contributed by atoms with E-state index < -0.39 is 12.0 Å². The number of carboxylic acid groups (broad SMARTS) is 1. The van der Waals surface area contributed by atoms with E-state index in [4.69, 9.17) is 21.0 Å².